The summed E-state index contributed by atoms with van der Waals surface area (Å²) in [5, 5.41) is 19.4. The van der Waals surface area contributed by atoms with Gasteiger partial charge >= 0.3 is 0 Å². The van der Waals surface area contributed by atoms with E-state index in [1.54, 1.807) is 0 Å². The van der Waals surface area contributed by atoms with Gasteiger partial charge in [-0.2, -0.15) is 0 Å². The van der Waals surface area contributed by atoms with E-state index in [0.29, 0.717) is 12.1 Å². The average Bonchev–Trinajstić information content (AvgIpc) is 2.31. The highest BCUT2D eigenvalue weighted by Crippen LogP contribution is 2.36. The molecular weight excluding hydrogens is 178 g/mol. The van der Waals surface area contributed by atoms with Gasteiger partial charge in [-0.05, 0) is 39.5 Å². The van der Waals surface area contributed by atoms with Crippen molar-refractivity contribution < 1.29 is 10.2 Å². The molecule has 3 nitrogen and oxygen atoms in total. The highest BCUT2D eigenvalue weighted by molar-refractivity contribution is 4.96. The van der Waals surface area contributed by atoms with Gasteiger partial charge in [0.15, 0.2) is 0 Å². The van der Waals surface area contributed by atoms with Crippen LogP contribution < -0.4 is 0 Å². The van der Waals surface area contributed by atoms with Gasteiger partial charge in [0.05, 0.1) is 11.7 Å². The van der Waals surface area contributed by atoms with Crippen molar-refractivity contribution in [2.75, 3.05) is 6.54 Å². The first-order chi connectivity index (χ1) is 6.46. The summed E-state index contributed by atoms with van der Waals surface area (Å²) in [4.78, 5) is 2.40. The summed E-state index contributed by atoms with van der Waals surface area (Å²) in [5.41, 5.74) is -0.608. The number of rotatable bonds is 2. The molecule has 14 heavy (non-hydrogen) atoms. The minimum atomic E-state index is -0.608. The van der Waals surface area contributed by atoms with Gasteiger partial charge in [0.2, 0.25) is 0 Å². The lowest BCUT2D eigenvalue weighted by Gasteiger charge is -2.40. The van der Waals surface area contributed by atoms with Gasteiger partial charge in [0.1, 0.15) is 0 Å². The number of aliphatic hydroxyl groups is 2. The third kappa shape index (κ3) is 2.10. The number of aliphatic hydroxyl groups excluding tert-OH is 1. The zero-order chi connectivity index (χ0) is 10.3. The number of piperidine rings is 1. The molecule has 0 spiro atoms. The molecule has 0 saturated carbocycles. The van der Waals surface area contributed by atoms with E-state index < -0.39 is 5.60 Å². The zero-order valence-corrected chi connectivity index (χ0v) is 9.11. The van der Waals surface area contributed by atoms with Crippen LogP contribution in [0.4, 0.5) is 0 Å². The quantitative estimate of drug-likeness (QED) is 0.689. The number of nitrogens with zero attached hydrogens (tertiary/aromatic N) is 1. The first-order valence-electron chi connectivity index (χ1n) is 5.62. The fraction of sp³-hybridized carbons (Fsp3) is 1.00. The van der Waals surface area contributed by atoms with Crippen LogP contribution in [0.1, 0.15) is 39.5 Å². The molecule has 82 valence electrons. The summed E-state index contributed by atoms with van der Waals surface area (Å²) >= 11 is 0. The third-order valence-corrected chi connectivity index (χ3v) is 3.43. The Hall–Kier alpha value is -0.120. The van der Waals surface area contributed by atoms with Crippen LogP contribution in [0.25, 0.3) is 0 Å². The first kappa shape index (κ1) is 10.4. The molecular formula is C11H21NO2. The van der Waals surface area contributed by atoms with Gasteiger partial charge in [0, 0.05) is 18.6 Å². The Labute approximate surface area is 85.7 Å². The van der Waals surface area contributed by atoms with E-state index in [1.807, 2.05) is 13.8 Å². The molecule has 2 heterocycles. The second-order valence-electron chi connectivity index (χ2n) is 5.49. The molecule has 2 N–H and O–H groups in total. The minimum absolute atomic E-state index is 0.106. The second kappa shape index (κ2) is 3.47. The molecule has 2 aliphatic heterocycles. The first-order valence-corrected chi connectivity index (χ1v) is 5.62. The summed E-state index contributed by atoms with van der Waals surface area (Å²) in [6.07, 6.45) is 4.07. The van der Waals surface area contributed by atoms with Gasteiger partial charge in [-0.25, -0.2) is 0 Å². The van der Waals surface area contributed by atoms with Gasteiger partial charge in [-0.3, -0.25) is 4.90 Å². The molecule has 0 aromatic heterocycles. The van der Waals surface area contributed by atoms with Gasteiger partial charge in [0.25, 0.3) is 0 Å². The van der Waals surface area contributed by atoms with Crippen molar-refractivity contribution in [1.82, 2.24) is 4.90 Å². The second-order valence-corrected chi connectivity index (χ2v) is 5.49. The fourth-order valence-corrected chi connectivity index (χ4v) is 2.95. The summed E-state index contributed by atoms with van der Waals surface area (Å²) in [6.45, 7) is 4.46. The summed E-state index contributed by atoms with van der Waals surface area (Å²) < 4.78 is 0. The van der Waals surface area contributed by atoms with Crippen LogP contribution in [0.15, 0.2) is 0 Å². The van der Waals surface area contributed by atoms with Gasteiger partial charge in [-0.15, -0.1) is 0 Å². The molecule has 0 amide bonds. The Kier molecular flexibility index (Phi) is 2.58. The topological polar surface area (TPSA) is 43.7 Å². The smallest absolute Gasteiger partial charge is 0.0718 e. The maximum absolute atomic E-state index is 9.79. The van der Waals surface area contributed by atoms with E-state index in [1.165, 1.54) is 12.8 Å². The van der Waals surface area contributed by atoms with E-state index in [-0.39, 0.29) is 6.10 Å². The van der Waals surface area contributed by atoms with Crippen molar-refractivity contribution in [3.63, 3.8) is 0 Å². The van der Waals surface area contributed by atoms with Gasteiger partial charge < -0.3 is 10.2 Å². The summed E-state index contributed by atoms with van der Waals surface area (Å²) in [7, 11) is 0. The van der Waals surface area contributed by atoms with Gasteiger partial charge in [-0.1, -0.05) is 0 Å². The Morgan fingerprint density at radius 1 is 1.21 bits per heavy atom. The van der Waals surface area contributed by atoms with E-state index in [4.69, 9.17) is 0 Å². The van der Waals surface area contributed by atoms with Crippen LogP contribution in [0.5, 0.6) is 0 Å². The van der Waals surface area contributed by atoms with Crippen molar-refractivity contribution in [3.8, 4) is 0 Å². The number of hydrogen-bond donors (Lipinski definition) is 2. The molecule has 2 saturated heterocycles. The number of fused-ring (bicyclic) bond motifs is 2. The average molecular weight is 199 g/mol. The Morgan fingerprint density at radius 2 is 1.71 bits per heavy atom. The molecule has 0 aliphatic carbocycles. The summed E-state index contributed by atoms with van der Waals surface area (Å²) in [5.74, 6) is 0. The third-order valence-electron chi connectivity index (χ3n) is 3.43. The van der Waals surface area contributed by atoms with Crippen LogP contribution in [-0.4, -0.2) is 45.4 Å². The summed E-state index contributed by atoms with van der Waals surface area (Å²) in [6, 6.07) is 1.02. The van der Waals surface area contributed by atoms with E-state index in [9.17, 15) is 10.2 Å². The van der Waals surface area contributed by atoms with Crippen molar-refractivity contribution in [2.24, 2.45) is 0 Å². The van der Waals surface area contributed by atoms with Crippen LogP contribution in [0.2, 0.25) is 0 Å². The molecule has 0 radical (unpaired) electrons. The highest BCUT2D eigenvalue weighted by atomic mass is 16.3. The molecule has 2 bridgehead atoms. The molecule has 2 aliphatic rings. The van der Waals surface area contributed by atoms with E-state index in [2.05, 4.69) is 4.90 Å². The van der Waals surface area contributed by atoms with Crippen LogP contribution in [0.3, 0.4) is 0 Å². The fourth-order valence-electron chi connectivity index (χ4n) is 2.95. The maximum atomic E-state index is 9.79. The normalized spacial score (nSPS) is 39.0. The van der Waals surface area contributed by atoms with Crippen molar-refractivity contribution in [1.29, 1.82) is 0 Å². The predicted octanol–water partition coefficient (Wildman–Crippen LogP) is 0.745. The molecule has 3 heteroatoms. The molecule has 2 fully saturated rings. The zero-order valence-electron chi connectivity index (χ0n) is 9.11. The van der Waals surface area contributed by atoms with Crippen LogP contribution >= 0.6 is 0 Å². The van der Waals surface area contributed by atoms with E-state index in [0.717, 1.165) is 19.4 Å². The molecule has 2 atom stereocenters. The molecule has 2 unspecified atom stereocenters. The predicted molar refractivity (Wildman–Crippen MR) is 55.1 cm³/mol. The lowest BCUT2D eigenvalue weighted by Crippen LogP contribution is -2.50. The standard InChI is InChI=1S/C11H21NO2/c1-11(2,14)7-12-8-3-4-9(12)6-10(13)5-8/h8-10,13-14H,3-7H2,1-2H3. The van der Waals surface area contributed by atoms with Crippen LogP contribution in [0, 0.1) is 0 Å². The monoisotopic (exact) mass is 199 g/mol. The minimum Gasteiger partial charge on any atom is -0.393 e. The number of hydrogen-bond acceptors (Lipinski definition) is 3. The van der Waals surface area contributed by atoms with Crippen molar-refractivity contribution >= 4 is 0 Å². The highest BCUT2D eigenvalue weighted by Gasteiger charge is 2.41. The van der Waals surface area contributed by atoms with Crippen molar-refractivity contribution in [2.45, 2.75) is 63.3 Å². The van der Waals surface area contributed by atoms with Crippen molar-refractivity contribution in [3.05, 3.63) is 0 Å². The Balaban J connectivity index is 2.01. The molecule has 0 aromatic carbocycles. The lowest BCUT2D eigenvalue weighted by molar-refractivity contribution is -0.0222. The van der Waals surface area contributed by atoms with E-state index >= 15 is 0 Å². The SMILES string of the molecule is CC(C)(O)CN1C2CCC1CC(O)C2. The largest absolute Gasteiger partial charge is 0.393 e. The molecule has 2 rings (SSSR count). The Bertz CT molecular complexity index is 198. The molecule has 0 aromatic rings. The lowest BCUT2D eigenvalue weighted by atomic mass is 9.97. The van der Waals surface area contributed by atoms with Crippen LogP contribution in [-0.2, 0) is 0 Å². The Morgan fingerprint density at radius 3 is 2.14 bits per heavy atom. The maximum Gasteiger partial charge on any atom is 0.0718 e.